The Morgan fingerprint density at radius 3 is 2.42 bits per heavy atom. The predicted octanol–water partition coefficient (Wildman–Crippen LogP) is 4.56. The van der Waals surface area contributed by atoms with E-state index in [-0.39, 0.29) is 29.7 Å². The molecule has 1 fully saturated rings. The zero-order chi connectivity index (χ0) is 25.8. The third-order valence-electron chi connectivity index (χ3n) is 6.50. The Bertz CT molecular complexity index is 1270. The van der Waals surface area contributed by atoms with Crippen LogP contribution in [-0.2, 0) is 17.8 Å². The molecule has 6 nitrogen and oxygen atoms in total. The zero-order valence-electron chi connectivity index (χ0n) is 20.8. The number of hydrogen-bond donors (Lipinski definition) is 1. The summed E-state index contributed by atoms with van der Waals surface area (Å²) in [5.41, 5.74) is 4.48. The Balaban J connectivity index is 1.41. The van der Waals surface area contributed by atoms with Gasteiger partial charge in [0, 0.05) is 37.3 Å². The van der Waals surface area contributed by atoms with E-state index in [1.54, 1.807) is 18.0 Å². The predicted molar refractivity (Wildman–Crippen MR) is 132 cm³/mol. The van der Waals surface area contributed by atoms with Crippen molar-refractivity contribution in [2.24, 2.45) is 0 Å². The highest BCUT2D eigenvalue weighted by Gasteiger charge is 2.28. The van der Waals surface area contributed by atoms with E-state index in [0.29, 0.717) is 49.6 Å². The van der Waals surface area contributed by atoms with Gasteiger partial charge in [-0.2, -0.15) is 0 Å². The monoisotopic (exact) mass is 492 g/mol. The smallest absolute Gasteiger partial charge is 0.254 e. The lowest BCUT2D eigenvalue weighted by Crippen LogP contribution is -2.39. The molecule has 0 atom stereocenters. The second-order valence-corrected chi connectivity index (χ2v) is 9.46. The Morgan fingerprint density at radius 1 is 1.03 bits per heavy atom. The van der Waals surface area contributed by atoms with E-state index in [0.717, 1.165) is 34.9 Å². The van der Waals surface area contributed by atoms with Gasteiger partial charge in [0.1, 0.15) is 17.5 Å². The number of aryl methyl sites for hydroxylation is 3. The normalized spacial score (nSPS) is 14.1. The van der Waals surface area contributed by atoms with Crippen LogP contribution in [0.3, 0.4) is 0 Å². The lowest BCUT2D eigenvalue weighted by molar-refractivity contribution is -0.131. The van der Waals surface area contributed by atoms with Gasteiger partial charge in [0.25, 0.3) is 5.91 Å². The molecule has 0 bridgehead atoms. The van der Waals surface area contributed by atoms with Gasteiger partial charge in [-0.05, 0) is 57.4 Å². The summed E-state index contributed by atoms with van der Waals surface area (Å²) in [6.45, 7) is 7.14. The first-order chi connectivity index (χ1) is 17.2. The molecule has 8 heteroatoms. The molecule has 0 aliphatic carbocycles. The van der Waals surface area contributed by atoms with Crippen molar-refractivity contribution in [3.63, 3.8) is 0 Å². The number of carbonyl (C=O) groups is 2. The fourth-order valence-electron chi connectivity index (χ4n) is 4.78. The van der Waals surface area contributed by atoms with Gasteiger partial charge in [-0.3, -0.25) is 9.59 Å². The SMILES string of the molecule is Cc1cc(C)cc(CNC(=O)c2cnc(C)nc2C2CCN(C(=O)Cc3cc(F)ccc3F)CC2)c1. The zero-order valence-corrected chi connectivity index (χ0v) is 20.8. The number of nitrogens with one attached hydrogen (secondary N) is 1. The average molecular weight is 493 g/mol. The van der Waals surface area contributed by atoms with Gasteiger partial charge in [0.2, 0.25) is 5.91 Å². The lowest BCUT2D eigenvalue weighted by Gasteiger charge is -2.32. The minimum atomic E-state index is -0.590. The molecule has 0 radical (unpaired) electrons. The Morgan fingerprint density at radius 2 is 1.72 bits per heavy atom. The summed E-state index contributed by atoms with van der Waals surface area (Å²) < 4.78 is 27.4. The first kappa shape index (κ1) is 25.4. The standard InChI is InChI=1S/C28H30F2N4O2/c1-17-10-18(2)12-20(11-17)15-32-28(36)24-16-31-19(3)33-27(24)21-6-8-34(9-7-21)26(35)14-22-13-23(29)4-5-25(22)30/h4-5,10-13,16,21H,6-9,14-15H2,1-3H3,(H,32,36). The number of aromatic nitrogens is 2. The van der Waals surface area contributed by atoms with Crippen molar-refractivity contribution in [1.82, 2.24) is 20.2 Å². The van der Waals surface area contributed by atoms with Crippen LogP contribution in [0.2, 0.25) is 0 Å². The van der Waals surface area contributed by atoms with Crippen LogP contribution in [0.25, 0.3) is 0 Å². The lowest BCUT2D eigenvalue weighted by atomic mass is 9.90. The molecule has 1 aliphatic rings. The van der Waals surface area contributed by atoms with Gasteiger partial charge >= 0.3 is 0 Å². The van der Waals surface area contributed by atoms with Crippen molar-refractivity contribution in [1.29, 1.82) is 0 Å². The highest BCUT2D eigenvalue weighted by Crippen LogP contribution is 2.29. The molecule has 188 valence electrons. The molecule has 0 unspecified atom stereocenters. The fourth-order valence-corrected chi connectivity index (χ4v) is 4.78. The molecule has 1 aliphatic heterocycles. The highest BCUT2D eigenvalue weighted by molar-refractivity contribution is 5.95. The van der Waals surface area contributed by atoms with Crippen molar-refractivity contribution < 1.29 is 18.4 Å². The molecule has 2 aromatic carbocycles. The van der Waals surface area contributed by atoms with E-state index >= 15 is 0 Å². The average Bonchev–Trinajstić information content (AvgIpc) is 2.84. The maximum absolute atomic E-state index is 14.0. The van der Waals surface area contributed by atoms with E-state index in [1.807, 2.05) is 26.0 Å². The Labute approximate surface area is 209 Å². The third kappa shape index (κ3) is 6.11. The Hall–Kier alpha value is -3.68. The van der Waals surface area contributed by atoms with Crippen molar-refractivity contribution in [2.45, 2.75) is 52.5 Å². The van der Waals surface area contributed by atoms with Crippen LogP contribution < -0.4 is 5.32 Å². The maximum atomic E-state index is 14.0. The second kappa shape index (κ2) is 10.9. The maximum Gasteiger partial charge on any atom is 0.254 e. The van der Waals surface area contributed by atoms with Crippen LogP contribution in [0.15, 0.2) is 42.6 Å². The third-order valence-corrected chi connectivity index (χ3v) is 6.50. The summed E-state index contributed by atoms with van der Waals surface area (Å²) in [6.07, 6.45) is 2.61. The van der Waals surface area contributed by atoms with Crippen LogP contribution >= 0.6 is 0 Å². The molecule has 2 amide bonds. The summed E-state index contributed by atoms with van der Waals surface area (Å²) in [4.78, 5) is 36.3. The number of halogens is 2. The van der Waals surface area contributed by atoms with Crippen molar-refractivity contribution in [3.8, 4) is 0 Å². The number of carbonyl (C=O) groups excluding carboxylic acids is 2. The van der Waals surface area contributed by atoms with Crippen molar-refractivity contribution in [2.75, 3.05) is 13.1 Å². The molecule has 1 N–H and O–H groups in total. The molecule has 1 aromatic heterocycles. The summed E-state index contributed by atoms with van der Waals surface area (Å²) in [7, 11) is 0. The summed E-state index contributed by atoms with van der Waals surface area (Å²) in [5.74, 6) is -1.07. The number of rotatable bonds is 6. The summed E-state index contributed by atoms with van der Waals surface area (Å²) in [6, 6.07) is 9.31. The molecular weight excluding hydrogens is 462 g/mol. The summed E-state index contributed by atoms with van der Waals surface area (Å²) in [5, 5.41) is 2.98. The fraction of sp³-hybridized carbons (Fsp3) is 0.357. The number of nitrogens with zero attached hydrogens (tertiary/aromatic N) is 3. The topological polar surface area (TPSA) is 75.2 Å². The molecule has 3 aromatic rings. The number of hydrogen-bond acceptors (Lipinski definition) is 4. The summed E-state index contributed by atoms with van der Waals surface area (Å²) >= 11 is 0. The van der Waals surface area contributed by atoms with E-state index < -0.39 is 11.6 Å². The Kier molecular flexibility index (Phi) is 7.72. The van der Waals surface area contributed by atoms with Crippen LogP contribution in [0.5, 0.6) is 0 Å². The molecule has 2 heterocycles. The van der Waals surface area contributed by atoms with Crippen LogP contribution in [0.4, 0.5) is 8.78 Å². The molecule has 0 saturated carbocycles. The van der Waals surface area contributed by atoms with E-state index in [4.69, 9.17) is 0 Å². The first-order valence-electron chi connectivity index (χ1n) is 12.1. The highest BCUT2D eigenvalue weighted by atomic mass is 19.1. The number of piperidine rings is 1. The van der Waals surface area contributed by atoms with Crippen molar-refractivity contribution in [3.05, 3.63) is 93.6 Å². The number of likely N-dealkylation sites (tertiary alicyclic amines) is 1. The number of benzene rings is 2. The van der Waals surface area contributed by atoms with Gasteiger partial charge < -0.3 is 10.2 Å². The molecule has 36 heavy (non-hydrogen) atoms. The van der Waals surface area contributed by atoms with Crippen LogP contribution in [0.1, 0.15) is 62.9 Å². The minimum Gasteiger partial charge on any atom is -0.348 e. The largest absolute Gasteiger partial charge is 0.348 e. The number of amides is 2. The van der Waals surface area contributed by atoms with E-state index in [2.05, 4.69) is 21.4 Å². The molecule has 4 rings (SSSR count). The quantitative estimate of drug-likeness (QED) is 0.548. The minimum absolute atomic E-state index is 0.0105. The van der Waals surface area contributed by atoms with E-state index in [9.17, 15) is 18.4 Å². The van der Waals surface area contributed by atoms with Gasteiger partial charge in [-0.25, -0.2) is 18.7 Å². The molecule has 0 spiro atoms. The van der Waals surface area contributed by atoms with Crippen molar-refractivity contribution >= 4 is 11.8 Å². The molecule has 1 saturated heterocycles. The second-order valence-electron chi connectivity index (χ2n) is 9.46. The molecular formula is C28H30F2N4O2. The van der Waals surface area contributed by atoms with Gasteiger partial charge in [0.15, 0.2) is 0 Å². The van der Waals surface area contributed by atoms with Gasteiger partial charge in [0.05, 0.1) is 17.7 Å². The van der Waals surface area contributed by atoms with Gasteiger partial charge in [-0.1, -0.05) is 29.3 Å². The van der Waals surface area contributed by atoms with E-state index in [1.165, 1.54) is 0 Å². The first-order valence-corrected chi connectivity index (χ1v) is 12.1. The van der Waals surface area contributed by atoms with Crippen LogP contribution in [0, 0.1) is 32.4 Å². The van der Waals surface area contributed by atoms with Gasteiger partial charge in [-0.15, -0.1) is 0 Å². The van der Waals surface area contributed by atoms with Crippen LogP contribution in [-0.4, -0.2) is 39.8 Å².